The molecule has 0 spiro atoms. The number of carbonyl (C=O) groups excluding carboxylic acids is 1. The Morgan fingerprint density at radius 3 is 2.93 bits per heavy atom. The molecule has 0 aromatic heterocycles. The lowest BCUT2D eigenvalue weighted by Gasteiger charge is -2.32. The molecule has 4 nitrogen and oxygen atoms in total. The van der Waals surface area contributed by atoms with Crippen LogP contribution in [0.1, 0.15) is 20.3 Å². The molecule has 0 radical (unpaired) electrons. The van der Waals surface area contributed by atoms with Crippen LogP contribution < -0.4 is 0 Å². The Morgan fingerprint density at radius 1 is 1.64 bits per heavy atom. The predicted molar refractivity (Wildman–Crippen MR) is 52.9 cm³/mol. The Kier molecular flexibility index (Phi) is 4.35. The summed E-state index contributed by atoms with van der Waals surface area (Å²) in [4.78, 5) is 13.2. The number of aliphatic hydroxyl groups is 1. The lowest BCUT2D eigenvalue weighted by molar-refractivity contribution is -0.151. The zero-order chi connectivity index (χ0) is 10.6. The van der Waals surface area contributed by atoms with Crippen LogP contribution in [0.5, 0.6) is 0 Å². The number of rotatable bonds is 4. The van der Waals surface area contributed by atoms with Crippen LogP contribution in [0.4, 0.5) is 0 Å². The second kappa shape index (κ2) is 5.32. The normalized spacial score (nSPS) is 23.3. The SMILES string of the molecule is CC(C)CCN1CC(CO)OCC1=O. The molecule has 1 heterocycles. The summed E-state index contributed by atoms with van der Waals surface area (Å²) in [6.45, 7) is 5.68. The molecule has 0 aliphatic carbocycles. The highest BCUT2D eigenvalue weighted by atomic mass is 16.5. The van der Waals surface area contributed by atoms with Crippen molar-refractivity contribution in [3.05, 3.63) is 0 Å². The first-order valence-electron chi connectivity index (χ1n) is 5.13. The molecule has 1 atom stereocenters. The highest BCUT2D eigenvalue weighted by molar-refractivity contribution is 5.78. The van der Waals surface area contributed by atoms with Gasteiger partial charge >= 0.3 is 0 Å². The smallest absolute Gasteiger partial charge is 0.248 e. The van der Waals surface area contributed by atoms with Gasteiger partial charge in [-0.3, -0.25) is 4.79 Å². The molecule has 0 aromatic rings. The zero-order valence-electron chi connectivity index (χ0n) is 8.90. The number of nitrogens with zero attached hydrogens (tertiary/aromatic N) is 1. The van der Waals surface area contributed by atoms with Crippen molar-refractivity contribution in [3.8, 4) is 0 Å². The van der Waals surface area contributed by atoms with Crippen molar-refractivity contribution in [2.45, 2.75) is 26.4 Å². The molecule has 1 rings (SSSR count). The summed E-state index contributed by atoms with van der Waals surface area (Å²) in [6, 6.07) is 0. The topological polar surface area (TPSA) is 49.8 Å². The fourth-order valence-electron chi connectivity index (χ4n) is 1.42. The van der Waals surface area contributed by atoms with E-state index in [9.17, 15) is 4.79 Å². The van der Waals surface area contributed by atoms with Gasteiger partial charge in [0.25, 0.3) is 0 Å². The number of morpholine rings is 1. The van der Waals surface area contributed by atoms with E-state index in [0.29, 0.717) is 12.5 Å². The van der Waals surface area contributed by atoms with Crippen molar-refractivity contribution in [2.75, 3.05) is 26.3 Å². The first-order chi connectivity index (χ1) is 6.63. The molecule has 1 amide bonds. The lowest BCUT2D eigenvalue weighted by atomic mass is 10.1. The monoisotopic (exact) mass is 201 g/mol. The van der Waals surface area contributed by atoms with Crippen molar-refractivity contribution in [3.63, 3.8) is 0 Å². The molecule has 1 fully saturated rings. The summed E-state index contributed by atoms with van der Waals surface area (Å²) < 4.78 is 5.14. The van der Waals surface area contributed by atoms with Crippen molar-refractivity contribution in [1.29, 1.82) is 0 Å². The summed E-state index contributed by atoms with van der Waals surface area (Å²) in [5.41, 5.74) is 0. The number of hydrogen-bond donors (Lipinski definition) is 1. The largest absolute Gasteiger partial charge is 0.394 e. The van der Waals surface area contributed by atoms with Gasteiger partial charge in [-0.2, -0.15) is 0 Å². The van der Waals surface area contributed by atoms with Crippen LogP contribution in [0.25, 0.3) is 0 Å². The van der Waals surface area contributed by atoms with Crippen LogP contribution in [0.3, 0.4) is 0 Å². The Hall–Kier alpha value is -0.610. The number of amides is 1. The molecule has 82 valence electrons. The highest BCUT2D eigenvalue weighted by Gasteiger charge is 2.25. The third kappa shape index (κ3) is 3.27. The van der Waals surface area contributed by atoms with Gasteiger partial charge in [-0.1, -0.05) is 13.8 Å². The first kappa shape index (κ1) is 11.5. The molecule has 1 unspecified atom stereocenters. The van der Waals surface area contributed by atoms with E-state index in [2.05, 4.69) is 13.8 Å². The lowest BCUT2D eigenvalue weighted by Crippen LogP contribution is -2.48. The standard InChI is InChI=1S/C10H19NO3/c1-8(2)3-4-11-5-9(6-12)14-7-10(11)13/h8-9,12H,3-7H2,1-2H3. The molecule has 0 aromatic carbocycles. The van der Waals surface area contributed by atoms with E-state index in [1.165, 1.54) is 0 Å². The van der Waals surface area contributed by atoms with Gasteiger partial charge in [0.1, 0.15) is 6.61 Å². The van der Waals surface area contributed by atoms with Crippen molar-refractivity contribution >= 4 is 5.91 Å². The second-order valence-corrected chi connectivity index (χ2v) is 4.14. The fraction of sp³-hybridized carbons (Fsp3) is 0.900. The Bertz CT molecular complexity index is 194. The minimum Gasteiger partial charge on any atom is -0.394 e. The van der Waals surface area contributed by atoms with Crippen LogP contribution in [0, 0.1) is 5.92 Å². The van der Waals surface area contributed by atoms with Crippen LogP contribution >= 0.6 is 0 Å². The van der Waals surface area contributed by atoms with Gasteiger partial charge in [-0.15, -0.1) is 0 Å². The average Bonchev–Trinajstić information content (AvgIpc) is 2.16. The van der Waals surface area contributed by atoms with Gasteiger partial charge in [-0.05, 0) is 12.3 Å². The van der Waals surface area contributed by atoms with Crippen molar-refractivity contribution in [2.24, 2.45) is 5.92 Å². The molecule has 1 aliphatic heterocycles. The average molecular weight is 201 g/mol. The van der Waals surface area contributed by atoms with E-state index < -0.39 is 0 Å². The summed E-state index contributed by atoms with van der Waals surface area (Å²) >= 11 is 0. The van der Waals surface area contributed by atoms with Gasteiger partial charge in [0, 0.05) is 13.1 Å². The van der Waals surface area contributed by atoms with E-state index in [-0.39, 0.29) is 25.2 Å². The van der Waals surface area contributed by atoms with Crippen LogP contribution in [0.2, 0.25) is 0 Å². The number of hydrogen-bond acceptors (Lipinski definition) is 3. The van der Waals surface area contributed by atoms with E-state index in [1.807, 2.05) is 0 Å². The number of aliphatic hydroxyl groups excluding tert-OH is 1. The van der Waals surface area contributed by atoms with Gasteiger partial charge in [-0.25, -0.2) is 0 Å². The Morgan fingerprint density at radius 2 is 2.36 bits per heavy atom. The summed E-state index contributed by atoms with van der Waals surface area (Å²) in [6.07, 6.45) is 0.809. The Balaban J connectivity index is 2.36. The van der Waals surface area contributed by atoms with E-state index in [1.54, 1.807) is 4.90 Å². The van der Waals surface area contributed by atoms with Gasteiger partial charge < -0.3 is 14.7 Å². The van der Waals surface area contributed by atoms with Gasteiger partial charge in [0.05, 0.1) is 12.7 Å². The fourth-order valence-corrected chi connectivity index (χ4v) is 1.42. The van der Waals surface area contributed by atoms with Gasteiger partial charge in [0.2, 0.25) is 5.91 Å². The molecule has 14 heavy (non-hydrogen) atoms. The summed E-state index contributed by atoms with van der Waals surface area (Å²) in [5, 5.41) is 8.91. The number of carbonyl (C=O) groups is 1. The van der Waals surface area contributed by atoms with Gasteiger partial charge in [0.15, 0.2) is 0 Å². The maximum Gasteiger partial charge on any atom is 0.248 e. The maximum atomic E-state index is 11.4. The minimum atomic E-state index is -0.195. The molecule has 1 aliphatic rings. The molecule has 4 heteroatoms. The third-order valence-corrected chi connectivity index (χ3v) is 2.40. The maximum absolute atomic E-state index is 11.4. The Labute approximate surface area is 84.8 Å². The molecular formula is C10H19NO3. The molecular weight excluding hydrogens is 182 g/mol. The second-order valence-electron chi connectivity index (χ2n) is 4.14. The van der Waals surface area contributed by atoms with Crippen molar-refractivity contribution < 1.29 is 14.6 Å². The molecule has 0 saturated carbocycles. The zero-order valence-corrected chi connectivity index (χ0v) is 8.90. The predicted octanol–water partition coefficient (Wildman–Crippen LogP) is 0.252. The first-order valence-corrected chi connectivity index (χ1v) is 5.13. The van der Waals surface area contributed by atoms with Crippen molar-refractivity contribution in [1.82, 2.24) is 4.90 Å². The van der Waals surface area contributed by atoms with Crippen LogP contribution in [-0.2, 0) is 9.53 Å². The third-order valence-electron chi connectivity index (χ3n) is 2.40. The van der Waals surface area contributed by atoms with Crippen LogP contribution in [-0.4, -0.2) is 48.3 Å². The van der Waals surface area contributed by atoms with Crippen LogP contribution in [0.15, 0.2) is 0 Å². The van der Waals surface area contributed by atoms with E-state index in [4.69, 9.17) is 9.84 Å². The quantitative estimate of drug-likeness (QED) is 0.709. The molecule has 1 saturated heterocycles. The minimum absolute atomic E-state index is 0.00847. The molecule has 0 bridgehead atoms. The van der Waals surface area contributed by atoms with E-state index >= 15 is 0 Å². The highest BCUT2D eigenvalue weighted by Crippen LogP contribution is 2.09. The summed E-state index contributed by atoms with van der Waals surface area (Å²) in [7, 11) is 0. The summed E-state index contributed by atoms with van der Waals surface area (Å²) in [5.74, 6) is 0.633. The molecule has 1 N–H and O–H groups in total. The van der Waals surface area contributed by atoms with E-state index in [0.717, 1.165) is 13.0 Å². The number of ether oxygens (including phenoxy) is 1.